The summed E-state index contributed by atoms with van der Waals surface area (Å²) in [5.74, 6) is 0. The zero-order valence-electron chi connectivity index (χ0n) is 15.2. The Labute approximate surface area is 149 Å². The van der Waals surface area contributed by atoms with E-state index in [1.54, 1.807) is 51.1 Å². The first-order valence-corrected chi connectivity index (χ1v) is 10.3. The summed E-state index contributed by atoms with van der Waals surface area (Å²) in [4.78, 5) is 13.7. The Kier molecular flexibility index (Phi) is 5.49. The van der Waals surface area contributed by atoms with Gasteiger partial charge in [0, 0.05) is 19.3 Å². The van der Waals surface area contributed by atoms with Gasteiger partial charge < -0.3 is 14.7 Å². The number of amides is 1. The molecular formula is C18H27NO5S. The standard InChI is InChI=1S/C18H27NO5S/c1-17(2,3)24-16(20)19-12-10-18(21,11-13-19)15(25(4,22)23)14-8-6-5-7-9-14/h5-9,15,21H,10-13H2,1-4H3. The van der Waals surface area contributed by atoms with Crippen molar-refractivity contribution in [2.45, 2.75) is 50.1 Å². The Morgan fingerprint density at radius 2 is 1.72 bits per heavy atom. The van der Waals surface area contributed by atoms with Gasteiger partial charge in [-0.3, -0.25) is 0 Å². The number of piperidine rings is 1. The van der Waals surface area contributed by atoms with Crippen LogP contribution in [0.2, 0.25) is 0 Å². The Morgan fingerprint density at radius 3 is 2.16 bits per heavy atom. The Morgan fingerprint density at radius 1 is 1.20 bits per heavy atom. The molecule has 1 amide bonds. The first-order valence-electron chi connectivity index (χ1n) is 8.36. The van der Waals surface area contributed by atoms with Crippen LogP contribution in [0.15, 0.2) is 30.3 Å². The SMILES string of the molecule is CC(C)(C)OC(=O)N1CCC(O)(C(c2ccccc2)S(C)(=O)=O)CC1. The lowest BCUT2D eigenvalue weighted by molar-refractivity contribution is -0.0344. The van der Waals surface area contributed by atoms with Crippen LogP contribution in [0.3, 0.4) is 0 Å². The van der Waals surface area contributed by atoms with Crippen molar-refractivity contribution in [1.29, 1.82) is 0 Å². The lowest BCUT2D eigenvalue weighted by Gasteiger charge is -2.42. The smallest absolute Gasteiger partial charge is 0.410 e. The molecule has 6 nitrogen and oxygen atoms in total. The number of hydrogen-bond donors (Lipinski definition) is 1. The van der Waals surface area contributed by atoms with Crippen molar-refractivity contribution in [3.63, 3.8) is 0 Å². The summed E-state index contributed by atoms with van der Waals surface area (Å²) in [7, 11) is -3.53. The molecule has 140 valence electrons. The van der Waals surface area contributed by atoms with Gasteiger partial charge in [-0.05, 0) is 39.2 Å². The van der Waals surface area contributed by atoms with Gasteiger partial charge in [0.25, 0.3) is 0 Å². The third kappa shape index (κ3) is 4.95. The normalized spacial score (nSPS) is 19.3. The molecule has 0 saturated carbocycles. The van der Waals surface area contributed by atoms with Crippen molar-refractivity contribution in [3.05, 3.63) is 35.9 Å². The van der Waals surface area contributed by atoms with Gasteiger partial charge >= 0.3 is 6.09 Å². The molecule has 25 heavy (non-hydrogen) atoms. The van der Waals surface area contributed by atoms with E-state index in [-0.39, 0.29) is 25.9 Å². The number of benzene rings is 1. The summed E-state index contributed by atoms with van der Waals surface area (Å²) in [6.07, 6.45) is 1.06. The fourth-order valence-electron chi connectivity index (χ4n) is 3.25. The third-order valence-corrected chi connectivity index (χ3v) is 5.87. The first kappa shape index (κ1) is 19.7. The second kappa shape index (κ2) is 6.96. The van der Waals surface area contributed by atoms with E-state index in [9.17, 15) is 18.3 Å². The molecule has 1 aliphatic rings. The molecular weight excluding hydrogens is 342 g/mol. The van der Waals surface area contributed by atoms with E-state index < -0.39 is 32.4 Å². The third-order valence-electron chi connectivity index (χ3n) is 4.30. The number of nitrogens with zero attached hydrogens (tertiary/aromatic N) is 1. The molecule has 0 aliphatic carbocycles. The van der Waals surface area contributed by atoms with Gasteiger partial charge in [0.2, 0.25) is 0 Å². The summed E-state index contributed by atoms with van der Waals surface area (Å²) in [6, 6.07) is 8.74. The number of hydrogen-bond acceptors (Lipinski definition) is 5. The number of rotatable bonds is 3. The predicted octanol–water partition coefficient (Wildman–Crippen LogP) is 2.53. The minimum atomic E-state index is -3.53. The van der Waals surface area contributed by atoms with Crippen LogP contribution in [-0.4, -0.2) is 55.1 Å². The number of carbonyl (C=O) groups excluding carboxylic acids is 1. The maximum absolute atomic E-state index is 12.4. The van der Waals surface area contributed by atoms with E-state index in [4.69, 9.17) is 4.74 Å². The molecule has 1 atom stereocenters. The van der Waals surface area contributed by atoms with Gasteiger partial charge in [-0.2, -0.15) is 0 Å². The molecule has 0 spiro atoms. The van der Waals surface area contributed by atoms with Gasteiger partial charge in [0.1, 0.15) is 10.9 Å². The van der Waals surface area contributed by atoms with Gasteiger partial charge in [-0.15, -0.1) is 0 Å². The van der Waals surface area contributed by atoms with Crippen LogP contribution in [0.1, 0.15) is 44.4 Å². The fourth-order valence-corrected chi connectivity index (χ4v) is 4.93. The summed E-state index contributed by atoms with van der Waals surface area (Å²) >= 11 is 0. The molecule has 1 saturated heterocycles. The fraction of sp³-hybridized carbons (Fsp3) is 0.611. The molecule has 1 unspecified atom stereocenters. The van der Waals surface area contributed by atoms with Gasteiger partial charge in [0.15, 0.2) is 9.84 Å². The Bertz CT molecular complexity index is 701. The van der Waals surface area contributed by atoms with Crippen molar-refractivity contribution in [3.8, 4) is 0 Å². The van der Waals surface area contributed by atoms with Crippen molar-refractivity contribution in [2.24, 2.45) is 0 Å². The van der Waals surface area contributed by atoms with Crippen molar-refractivity contribution >= 4 is 15.9 Å². The van der Waals surface area contributed by atoms with Crippen molar-refractivity contribution in [1.82, 2.24) is 4.90 Å². The number of likely N-dealkylation sites (tertiary alicyclic amines) is 1. The second-order valence-electron chi connectivity index (χ2n) is 7.69. The van der Waals surface area contributed by atoms with Crippen LogP contribution < -0.4 is 0 Å². The zero-order valence-corrected chi connectivity index (χ0v) is 16.0. The summed E-state index contributed by atoms with van der Waals surface area (Å²) < 4.78 is 30.1. The lowest BCUT2D eigenvalue weighted by atomic mass is 9.85. The molecule has 1 fully saturated rings. The average Bonchev–Trinajstić information content (AvgIpc) is 2.45. The molecule has 0 radical (unpaired) electrons. The number of carbonyl (C=O) groups is 1. The topological polar surface area (TPSA) is 83.9 Å². The van der Waals surface area contributed by atoms with E-state index in [0.717, 1.165) is 6.26 Å². The molecule has 1 heterocycles. The molecule has 0 aromatic heterocycles. The highest BCUT2D eigenvalue weighted by atomic mass is 32.2. The molecule has 0 bridgehead atoms. The van der Waals surface area contributed by atoms with E-state index in [1.807, 2.05) is 0 Å². The minimum absolute atomic E-state index is 0.179. The number of sulfone groups is 1. The van der Waals surface area contributed by atoms with Gasteiger partial charge in [0.05, 0.1) is 5.60 Å². The van der Waals surface area contributed by atoms with Crippen molar-refractivity contribution < 1.29 is 23.1 Å². The van der Waals surface area contributed by atoms with E-state index in [1.165, 1.54) is 4.90 Å². The Hall–Kier alpha value is -1.60. The van der Waals surface area contributed by atoms with E-state index in [2.05, 4.69) is 0 Å². The maximum Gasteiger partial charge on any atom is 0.410 e. The van der Waals surface area contributed by atoms with Crippen molar-refractivity contribution in [2.75, 3.05) is 19.3 Å². The quantitative estimate of drug-likeness (QED) is 0.885. The van der Waals surface area contributed by atoms with Crippen LogP contribution in [0, 0.1) is 0 Å². The largest absolute Gasteiger partial charge is 0.444 e. The maximum atomic E-state index is 12.4. The molecule has 1 aromatic carbocycles. The summed E-state index contributed by atoms with van der Waals surface area (Å²) in [5.41, 5.74) is -1.43. The first-order chi connectivity index (χ1) is 11.4. The van der Waals surface area contributed by atoms with Gasteiger partial charge in [-0.1, -0.05) is 30.3 Å². The minimum Gasteiger partial charge on any atom is -0.444 e. The van der Waals surface area contributed by atoms with E-state index >= 15 is 0 Å². The van der Waals surface area contributed by atoms with Crippen LogP contribution in [0.25, 0.3) is 0 Å². The van der Waals surface area contributed by atoms with Crippen LogP contribution in [0.5, 0.6) is 0 Å². The molecule has 2 rings (SSSR count). The second-order valence-corrected chi connectivity index (χ2v) is 9.82. The highest BCUT2D eigenvalue weighted by molar-refractivity contribution is 7.91. The average molecular weight is 369 g/mol. The van der Waals surface area contributed by atoms with Crippen LogP contribution in [-0.2, 0) is 14.6 Å². The molecule has 1 aliphatic heterocycles. The van der Waals surface area contributed by atoms with E-state index in [0.29, 0.717) is 5.56 Å². The van der Waals surface area contributed by atoms with Crippen LogP contribution in [0.4, 0.5) is 4.79 Å². The predicted molar refractivity (Wildman–Crippen MR) is 96.0 cm³/mol. The molecule has 7 heteroatoms. The number of ether oxygens (including phenoxy) is 1. The zero-order chi connectivity index (χ0) is 18.9. The highest BCUT2D eigenvalue weighted by Gasteiger charge is 2.46. The van der Waals surface area contributed by atoms with Gasteiger partial charge in [-0.25, -0.2) is 13.2 Å². The lowest BCUT2D eigenvalue weighted by Crippen LogP contribution is -2.52. The monoisotopic (exact) mass is 369 g/mol. The molecule has 1 aromatic rings. The molecule has 1 N–H and O–H groups in total. The summed E-state index contributed by atoms with van der Waals surface area (Å²) in [5, 5.41) is 10.1. The van der Waals surface area contributed by atoms with Crippen LogP contribution >= 0.6 is 0 Å². The Balaban J connectivity index is 2.18. The highest BCUT2D eigenvalue weighted by Crippen LogP contribution is 2.40. The number of aliphatic hydroxyl groups is 1. The summed E-state index contributed by atoms with van der Waals surface area (Å²) in [6.45, 7) is 5.88.